The first kappa shape index (κ1) is 31.9. The van der Waals surface area contributed by atoms with Crippen molar-refractivity contribution in [3.63, 3.8) is 0 Å². The van der Waals surface area contributed by atoms with Crippen molar-refractivity contribution in [3.05, 3.63) is 87.1 Å². The Morgan fingerprint density at radius 1 is 1.04 bits per heavy atom. The molecule has 0 bridgehead atoms. The summed E-state index contributed by atoms with van der Waals surface area (Å²) < 4.78 is 9.68. The maximum atomic E-state index is 14.4. The van der Waals surface area contributed by atoms with Gasteiger partial charge in [-0.15, -0.1) is 0 Å². The molecule has 11 nitrogen and oxygen atoms in total. The topological polar surface area (TPSA) is 127 Å². The molecule has 1 aliphatic carbocycles. The highest BCUT2D eigenvalue weighted by Gasteiger charge is 2.30. The summed E-state index contributed by atoms with van der Waals surface area (Å²) in [4.78, 5) is 26.0. The van der Waals surface area contributed by atoms with Gasteiger partial charge in [-0.2, -0.15) is 10.1 Å². The zero-order valence-electron chi connectivity index (χ0n) is 27.1. The van der Waals surface area contributed by atoms with Gasteiger partial charge in [-0.3, -0.25) is 14.3 Å². The van der Waals surface area contributed by atoms with E-state index in [0.717, 1.165) is 72.0 Å². The quantitative estimate of drug-likeness (QED) is 0.247. The molecular formula is C35H44N6O5. The number of aliphatic hydroxyl groups is 2. The van der Waals surface area contributed by atoms with Gasteiger partial charge in [0, 0.05) is 30.1 Å². The van der Waals surface area contributed by atoms with Crippen molar-refractivity contribution in [1.29, 1.82) is 0 Å². The molecule has 2 N–H and O–H groups in total. The number of oxime groups is 1. The lowest BCUT2D eigenvalue weighted by Gasteiger charge is -2.30. The van der Waals surface area contributed by atoms with E-state index in [1.807, 2.05) is 47.2 Å². The fourth-order valence-electron chi connectivity index (χ4n) is 6.73. The number of aromatic nitrogens is 4. The first-order chi connectivity index (χ1) is 22.3. The Kier molecular flexibility index (Phi) is 9.53. The lowest BCUT2D eigenvalue weighted by Crippen LogP contribution is -2.36. The molecule has 2 unspecified atom stereocenters. The Morgan fingerprint density at radius 2 is 1.76 bits per heavy atom. The molecule has 1 fully saturated rings. The minimum absolute atomic E-state index is 0.00184. The van der Waals surface area contributed by atoms with Crippen LogP contribution >= 0.6 is 0 Å². The van der Waals surface area contributed by atoms with Gasteiger partial charge in [0.05, 0.1) is 24.5 Å². The van der Waals surface area contributed by atoms with Crippen molar-refractivity contribution >= 4 is 11.6 Å². The second-order valence-electron chi connectivity index (χ2n) is 12.4. The van der Waals surface area contributed by atoms with Crippen molar-refractivity contribution in [1.82, 2.24) is 24.1 Å². The Hall–Kier alpha value is -4.06. The van der Waals surface area contributed by atoms with Crippen LogP contribution < -0.4 is 5.56 Å². The highest BCUT2D eigenvalue weighted by atomic mass is 16.7. The van der Waals surface area contributed by atoms with E-state index >= 15 is 0 Å². The molecule has 0 amide bonds. The van der Waals surface area contributed by atoms with Crippen molar-refractivity contribution in [2.24, 2.45) is 5.16 Å². The zero-order chi connectivity index (χ0) is 32.4. The van der Waals surface area contributed by atoms with Crippen LogP contribution in [0, 0.1) is 6.92 Å². The normalized spacial score (nSPS) is 20.6. The van der Waals surface area contributed by atoms with Gasteiger partial charge in [0.25, 0.3) is 5.56 Å². The lowest BCUT2D eigenvalue weighted by molar-refractivity contribution is -0.143. The van der Waals surface area contributed by atoms with E-state index in [4.69, 9.17) is 19.7 Å². The minimum Gasteiger partial charge on any atom is -0.391 e. The molecule has 0 radical (unpaired) electrons. The van der Waals surface area contributed by atoms with Crippen LogP contribution in [0.5, 0.6) is 0 Å². The summed E-state index contributed by atoms with van der Waals surface area (Å²) in [7, 11) is 0. The molecule has 1 aliphatic heterocycles. The third kappa shape index (κ3) is 6.31. The van der Waals surface area contributed by atoms with E-state index in [0.29, 0.717) is 37.0 Å². The van der Waals surface area contributed by atoms with Crippen molar-refractivity contribution < 1.29 is 19.8 Å². The highest BCUT2D eigenvalue weighted by molar-refractivity contribution is 6.04. The smallest absolute Gasteiger partial charge is 0.307 e. The molecule has 2 aliphatic rings. The average Bonchev–Trinajstić information content (AvgIpc) is 3.63. The number of aryl methyl sites for hydroxylation is 2. The summed E-state index contributed by atoms with van der Waals surface area (Å²) in [5.41, 5.74) is 5.56. The molecule has 4 aromatic rings. The summed E-state index contributed by atoms with van der Waals surface area (Å²) in [6.07, 6.45) is 3.83. The van der Waals surface area contributed by atoms with E-state index in [1.165, 1.54) is 0 Å². The highest BCUT2D eigenvalue weighted by Crippen LogP contribution is 2.32. The first-order valence-corrected chi connectivity index (χ1v) is 16.5. The summed E-state index contributed by atoms with van der Waals surface area (Å²) in [5, 5.41) is 28.8. The fraction of sp³-hybridized carbons (Fsp3) is 0.486. The summed E-state index contributed by atoms with van der Waals surface area (Å²) >= 11 is 0. The van der Waals surface area contributed by atoms with E-state index in [1.54, 1.807) is 11.8 Å². The third-order valence-corrected chi connectivity index (χ3v) is 8.99. The van der Waals surface area contributed by atoms with Gasteiger partial charge in [-0.25, -0.2) is 4.52 Å². The minimum atomic E-state index is -1.10. The third-order valence-electron chi connectivity index (χ3n) is 8.99. The van der Waals surface area contributed by atoms with Crippen molar-refractivity contribution in [3.8, 4) is 11.1 Å². The molecular weight excluding hydrogens is 584 g/mol. The lowest BCUT2D eigenvalue weighted by atomic mass is 9.92. The number of fused-ring (bicyclic) bond motifs is 1. The first-order valence-electron chi connectivity index (χ1n) is 16.5. The van der Waals surface area contributed by atoms with Gasteiger partial charge in [-0.1, -0.05) is 67.0 Å². The van der Waals surface area contributed by atoms with Crippen LogP contribution in [0.1, 0.15) is 87.1 Å². The van der Waals surface area contributed by atoms with E-state index in [-0.39, 0.29) is 17.7 Å². The molecule has 46 heavy (non-hydrogen) atoms. The van der Waals surface area contributed by atoms with Crippen LogP contribution in [-0.4, -0.2) is 71.9 Å². The predicted molar refractivity (Wildman–Crippen MR) is 176 cm³/mol. The van der Waals surface area contributed by atoms with Gasteiger partial charge >= 0.3 is 6.41 Å². The van der Waals surface area contributed by atoms with E-state index < -0.39 is 12.5 Å². The maximum absolute atomic E-state index is 14.4. The molecule has 11 heteroatoms. The number of aliphatic hydroxyl groups excluding tert-OH is 2. The molecule has 2 aromatic carbocycles. The van der Waals surface area contributed by atoms with Crippen LogP contribution in [0.3, 0.4) is 0 Å². The molecule has 0 saturated heterocycles. The monoisotopic (exact) mass is 628 g/mol. The Bertz CT molecular complexity index is 1750. The Balaban J connectivity index is 1.32. The molecule has 2 aromatic heterocycles. The summed E-state index contributed by atoms with van der Waals surface area (Å²) in [6, 6.07) is 16.2. The Morgan fingerprint density at radius 3 is 2.43 bits per heavy atom. The largest absolute Gasteiger partial charge is 0.391 e. The number of benzene rings is 2. The number of hydrogen-bond donors (Lipinski definition) is 2. The van der Waals surface area contributed by atoms with Crippen LogP contribution in [0.2, 0.25) is 0 Å². The Labute approximate surface area is 269 Å². The SMILES string of the molecule is CCCc1c(Cc2ccc(-c3ccccc3C3=NOC(O)N3CC)cc2)c(=O)n(C2CCC(OCC(C)O)CC2)c2nc(C)nn12. The summed E-state index contributed by atoms with van der Waals surface area (Å²) in [5.74, 6) is 1.85. The summed E-state index contributed by atoms with van der Waals surface area (Å²) in [6.45, 7) is 8.55. The number of nitrogens with zero attached hydrogens (tertiary/aromatic N) is 6. The van der Waals surface area contributed by atoms with Gasteiger partial charge in [0.1, 0.15) is 5.82 Å². The van der Waals surface area contributed by atoms with Crippen LogP contribution in [-0.2, 0) is 22.4 Å². The molecule has 0 spiro atoms. The van der Waals surface area contributed by atoms with Crippen LogP contribution in [0.4, 0.5) is 0 Å². The van der Waals surface area contributed by atoms with Crippen molar-refractivity contribution in [2.75, 3.05) is 13.2 Å². The zero-order valence-corrected chi connectivity index (χ0v) is 27.1. The number of amidine groups is 1. The van der Waals surface area contributed by atoms with Crippen LogP contribution in [0.25, 0.3) is 16.9 Å². The number of rotatable bonds is 11. The van der Waals surface area contributed by atoms with E-state index in [9.17, 15) is 15.0 Å². The van der Waals surface area contributed by atoms with Gasteiger partial charge < -0.3 is 19.8 Å². The number of hydrogen-bond acceptors (Lipinski definition) is 9. The molecule has 6 rings (SSSR count). The second kappa shape index (κ2) is 13.7. The maximum Gasteiger partial charge on any atom is 0.307 e. The molecule has 2 atom stereocenters. The predicted octanol–water partition coefficient (Wildman–Crippen LogP) is 4.58. The molecule has 244 valence electrons. The van der Waals surface area contributed by atoms with Gasteiger partial charge in [0.2, 0.25) is 5.78 Å². The van der Waals surface area contributed by atoms with Crippen molar-refractivity contribution in [2.45, 2.75) is 97.3 Å². The molecule has 3 heterocycles. The van der Waals surface area contributed by atoms with Crippen LogP contribution in [0.15, 0.2) is 58.5 Å². The van der Waals surface area contributed by atoms with Gasteiger partial charge in [-0.05, 0) is 69.6 Å². The second-order valence-corrected chi connectivity index (χ2v) is 12.4. The number of ether oxygens (including phenoxy) is 1. The van der Waals surface area contributed by atoms with E-state index in [2.05, 4.69) is 36.3 Å². The van der Waals surface area contributed by atoms with Gasteiger partial charge in [0.15, 0.2) is 5.84 Å². The molecule has 1 saturated carbocycles. The average molecular weight is 629 g/mol. The fourth-order valence-corrected chi connectivity index (χ4v) is 6.73. The standard InChI is InChI=1S/C35H44N6O5/c1-5-9-31-30(33(43)40(34-36-23(4)37-41(31)34)26-16-18-27(19-17-26)45-21-22(3)42)20-24-12-14-25(15-13-24)28-10-7-8-11-29(28)32-38-46-35(44)39(32)6-2/h7-8,10-15,22,26-27,35,42,44H,5-6,9,16-21H2,1-4H3.